The Morgan fingerprint density at radius 2 is 1.81 bits per heavy atom. The van der Waals surface area contributed by atoms with Gasteiger partial charge in [-0.15, -0.1) is 0 Å². The van der Waals surface area contributed by atoms with E-state index < -0.39 is 5.82 Å². The van der Waals surface area contributed by atoms with Gasteiger partial charge in [-0.05, 0) is 48.5 Å². The lowest BCUT2D eigenvalue weighted by Gasteiger charge is -2.06. The molecule has 0 aliphatic carbocycles. The van der Waals surface area contributed by atoms with E-state index >= 15 is 0 Å². The number of hydrogen-bond donors (Lipinski definition) is 2. The van der Waals surface area contributed by atoms with Gasteiger partial charge in [-0.1, -0.05) is 11.6 Å². The molecule has 0 unspecified atom stereocenters. The highest BCUT2D eigenvalue weighted by Gasteiger charge is 2.17. The Balaban J connectivity index is 1.81. The van der Waals surface area contributed by atoms with E-state index in [0.717, 1.165) is 0 Å². The van der Waals surface area contributed by atoms with Crippen molar-refractivity contribution in [2.45, 2.75) is 0 Å². The van der Waals surface area contributed by atoms with Crippen molar-refractivity contribution in [3.05, 3.63) is 71.4 Å². The number of fused-ring (bicyclic) bond motifs is 1. The van der Waals surface area contributed by atoms with Gasteiger partial charge in [-0.2, -0.15) is 0 Å². The number of nitrogen functional groups attached to an aromatic ring is 1. The zero-order chi connectivity index (χ0) is 18.3. The molecule has 0 radical (unpaired) electrons. The van der Waals surface area contributed by atoms with Crippen LogP contribution in [0.3, 0.4) is 0 Å². The summed E-state index contributed by atoms with van der Waals surface area (Å²) in [5.41, 5.74) is 8.80. The Morgan fingerprint density at radius 1 is 1.04 bits per heavy atom. The fraction of sp³-hybridized carbons (Fsp3) is 0. The molecular weight excluding hydrogens is 360 g/mol. The number of anilines is 3. The van der Waals surface area contributed by atoms with Crippen LogP contribution < -0.4 is 11.1 Å². The Labute approximate surface area is 152 Å². The minimum Gasteiger partial charge on any atom is -0.436 e. The molecule has 0 aliphatic rings. The summed E-state index contributed by atoms with van der Waals surface area (Å²) in [6.07, 6.45) is 1.61. The topological polar surface area (TPSA) is 64.1 Å². The van der Waals surface area contributed by atoms with Gasteiger partial charge < -0.3 is 15.5 Å². The maximum absolute atomic E-state index is 13.3. The first-order valence-electron chi connectivity index (χ1n) is 7.68. The maximum Gasteiger partial charge on any atom is 0.215 e. The Hall–Kier alpha value is -3.12. The SMILES string of the molecule is Nc1oc2c(-c3ccc(F)cc3)nccc2c1Nc1ccc(F)c(Cl)c1. The first-order chi connectivity index (χ1) is 12.5. The van der Waals surface area contributed by atoms with Gasteiger partial charge in [0, 0.05) is 17.4 Å². The number of rotatable bonds is 3. The summed E-state index contributed by atoms with van der Waals surface area (Å²) in [7, 11) is 0. The number of benzene rings is 2. The monoisotopic (exact) mass is 371 g/mol. The van der Waals surface area contributed by atoms with Crippen molar-refractivity contribution in [1.29, 1.82) is 0 Å². The van der Waals surface area contributed by atoms with E-state index in [1.165, 1.54) is 24.3 Å². The van der Waals surface area contributed by atoms with Crippen molar-refractivity contribution in [1.82, 2.24) is 4.98 Å². The van der Waals surface area contributed by atoms with Crippen LogP contribution in [0.4, 0.5) is 26.0 Å². The van der Waals surface area contributed by atoms with Gasteiger partial charge in [-0.25, -0.2) is 8.78 Å². The molecule has 130 valence electrons. The number of furan rings is 1. The van der Waals surface area contributed by atoms with Crippen molar-refractivity contribution in [3.8, 4) is 11.3 Å². The molecule has 3 N–H and O–H groups in total. The third-order valence-electron chi connectivity index (χ3n) is 3.94. The second-order valence-corrected chi connectivity index (χ2v) is 6.05. The molecule has 4 aromatic rings. The molecule has 0 bridgehead atoms. The molecule has 4 rings (SSSR count). The number of nitrogens with zero attached hydrogens (tertiary/aromatic N) is 1. The smallest absolute Gasteiger partial charge is 0.215 e. The number of hydrogen-bond acceptors (Lipinski definition) is 4. The summed E-state index contributed by atoms with van der Waals surface area (Å²) in [6.45, 7) is 0. The predicted molar refractivity (Wildman–Crippen MR) is 98.5 cm³/mol. The lowest BCUT2D eigenvalue weighted by atomic mass is 10.1. The molecule has 0 fully saturated rings. The molecule has 0 aliphatic heterocycles. The van der Waals surface area contributed by atoms with Crippen molar-refractivity contribution in [2.24, 2.45) is 0 Å². The first kappa shape index (κ1) is 16.4. The predicted octanol–water partition coefficient (Wildman–Crippen LogP) is 5.75. The van der Waals surface area contributed by atoms with Crippen molar-refractivity contribution >= 4 is 39.8 Å². The highest BCUT2D eigenvalue weighted by molar-refractivity contribution is 6.31. The third-order valence-corrected chi connectivity index (χ3v) is 4.23. The van der Waals surface area contributed by atoms with Crippen LogP contribution in [0, 0.1) is 11.6 Å². The molecule has 0 saturated heterocycles. The zero-order valence-electron chi connectivity index (χ0n) is 13.3. The number of pyridine rings is 1. The number of aromatic nitrogens is 1. The Bertz CT molecular complexity index is 1110. The molecule has 7 heteroatoms. The fourth-order valence-corrected chi connectivity index (χ4v) is 2.88. The summed E-state index contributed by atoms with van der Waals surface area (Å²) >= 11 is 5.82. The minimum absolute atomic E-state index is 0.00459. The first-order valence-corrected chi connectivity index (χ1v) is 8.06. The summed E-state index contributed by atoms with van der Waals surface area (Å²) < 4.78 is 32.2. The highest BCUT2D eigenvalue weighted by Crippen LogP contribution is 2.39. The summed E-state index contributed by atoms with van der Waals surface area (Å²) in [5.74, 6) is -0.697. The van der Waals surface area contributed by atoms with Gasteiger partial charge in [0.1, 0.15) is 23.0 Å². The summed E-state index contributed by atoms with van der Waals surface area (Å²) in [4.78, 5) is 4.32. The van der Waals surface area contributed by atoms with Gasteiger partial charge in [0.15, 0.2) is 5.58 Å². The average Bonchev–Trinajstić information content (AvgIpc) is 2.95. The molecular formula is C19H12ClF2N3O. The van der Waals surface area contributed by atoms with Crippen LogP contribution in [0.2, 0.25) is 5.02 Å². The van der Waals surface area contributed by atoms with Crippen LogP contribution >= 0.6 is 11.6 Å². The summed E-state index contributed by atoms with van der Waals surface area (Å²) in [6, 6.07) is 11.9. The fourth-order valence-electron chi connectivity index (χ4n) is 2.70. The maximum atomic E-state index is 13.3. The largest absolute Gasteiger partial charge is 0.436 e. The van der Waals surface area contributed by atoms with E-state index in [9.17, 15) is 8.78 Å². The molecule has 26 heavy (non-hydrogen) atoms. The Kier molecular flexibility index (Phi) is 3.97. The molecule has 2 aromatic carbocycles. The number of halogens is 3. The van der Waals surface area contributed by atoms with Crippen molar-refractivity contribution < 1.29 is 13.2 Å². The molecule has 0 atom stereocenters. The normalized spacial score (nSPS) is 11.0. The van der Waals surface area contributed by atoms with Crippen molar-refractivity contribution in [3.63, 3.8) is 0 Å². The van der Waals surface area contributed by atoms with Gasteiger partial charge >= 0.3 is 0 Å². The highest BCUT2D eigenvalue weighted by atomic mass is 35.5. The zero-order valence-corrected chi connectivity index (χ0v) is 14.0. The van der Waals surface area contributed by atoms with Crippen LogP contribution in [-0.4, -0.2) is 4.98 Å². The lowest BCUT2D eigenvalue weighted by Crippen LogP contribution is -1.94. The standard InChI is InChI=1S/C19H12ClF2N3O/c20-14-9-12(5-6-15(14)22)25-17-13-7-8-24-16(18(13)26-19(17)23)10-1-3-11(21)4-2-10/h1-9,25H,23H2. The van der Waals surface area contributed by atoms with Crippen molar-refractivity contribution in [2.75, 3.05) is 11.1 Å². The number of nitrogens with one attached hydrogen (secondary N) is 1. The molecule has 0 spiro atoms. The van der Waals surface area contributed by atoms with E-state index in [-0.39, 0.29) is 16.7 Å². The second-order valence-electron chi connectivity index (χ2n) is 5.64. The van der Waals surface area contributed by atoms with Gasteiger partial charge in [0.2, 0.25) is 5.88 Å². The second kappa shape index (κ2) is 6.31. The lowest BCUT2D eigenvalue weighted by molar-refractivity contribution is 0.627. The van der Waals surface area contributed by atoms with Gasteiger partial charge in [-0.3, -0.25) is 4.98 Å². The molecule has 0 saturated carbocycles. The van der Waals surface area contributed by atoms with Gasteiger partial charge in [0.25, 0.3) is 0 Å². The average molecular weight is 372 g/mol. The summed E-state index contributed by atoms with van der Waals surface area (Å²) in [5, 5.41) is 3.78. The molecule has 4 nitrogen and oxygen atoms in total. The molecule has 2 heterocycles. The number of nitrogens with two attached hydrogens (primary N) is 1. The van der Waals surface area contributed by atoms with Crippen LogP contribution in [0.15, 0.2) is 59.1 Å². The third kappa shape index (κ3) is 2.84. The van der Waals surface area contributed by atoms with E-state index in [4.69, 9.17) is 21.8 Å². The van der Waals surface area contributed by atoms with E-state index in [1.54, 1.807) is 30.5 Å². The van der Waals surface area contributed by atoms with E-state index in [0.29, 0.717) is 33.6 Å². The molecule has 0 amide bonds. The van der Waals surface area contributed by atoms with E-state index in [2.05, 4.69) is 10.3 Å². The van der Waals surface area contributed by atoms with Crippen LogP contribution in [0.5, 0.6) is 0 Å². The van der Waals surface area contributed by atoms with Crippen LogP contribution in [-0.2, 0) is 0 Å². The Morgan fingerprint density at radius 3 is 2.54 bits per heavy atom. The quantitative estimate of drug-likeness (QED) is 0.481. The van der Waals surface area contributed by atoms with Crippen LogP contribution in [0.1, 0.15) is 0 Å². The minimum atomic E-state index is -0.509. The van der Waals surface area contributed by atoms with Gasteiger partial charge in [0.05, 0.1) is 10.4 Å². The molecule has 2 aromatic heterocycles. The van der Waals surface area contributed by atoms with E-state index in [1.807, 2.05) is 0 Å². The van der Waals surface area contributed by atoms with Crippen LogP contribution in [0.25, 0.3) is 22.2 Å².